The van der Waals surface area contributed by atoms with Gasteiger partial charge in [-0.3, -0.25) is 9.59 Å². The van der Waals surface area contributed by atoms with Crippen LogP contribution < -0.4 is 11.1 Å². The largest absolute Gasteiger partial charge is 0.480 e. The van der Waals surface area contributed by atoms with Crippen LogP contribution in [0.4, 0.5) is 0 Å². The van der Waals surface area contributed by atoms with Gasteiger partial charge in [-0.05, 0) is 25.8 Å². The molecule has 18 heavy (non-hydrogen) atoms. The molecule has 8 heteroatoms. The predicted molar refractivity (Wildman–Crippen MR) is 62.5 cm³/mol. The highest BCUT2D eigenvalue weighted by Gasteiger charge is 2.19. The van der Waals surface area contributed by atoms with E-state index in [1.807, 2.05) is 0 Å². The third-order valence-corrected chi connectivity index (χ3v) is 2.25. The van der Waals surface area contributed by atoms with Crippen LogP contribution in [0.15, 0.2) is 5.18 Å². The van der Waals surface area contributed by atoms with Gasteiger partial charge in [0.05, 0.1) is 0 Å². The lowest BCUT2D eigenvalue weighted by Gasteiger charge is -2.13. The topological polar surface area (TPSA) is 139 Å². The Labute approximate surface area is 104 Å². The first-order chi connectivity index (χ1) is 8.51. The second-order valence-electron chi connectivity index (χ2n) is 3.73. The summed E-state index contributed by atoms with van der Waals surface area (Å²) < 4.78 is 0. The maximum Gasteiger partial charge on any atom is 0.326 e. The minimum atomic E-state index is -1.14. The minimum Gasteiger partial charge on any atom is -0.480 e. The van der Waals surface area contributed by atoms with Gasteiger partial charge in [0, 0.05) is 18.0 Å². The van der Waals surface area contributed by atoms with E-state index in [2.05, 4.69) is 10.5 Å². The monoisotopic (exact) mass is 259 g/mol. The molecule has 0 aromatic carbocycles. The molecule has 0 aromatic heterocycles. The lowest BCUT2D eigenvalue weighted by atomic mass is 10.1. The first kappa shape index (κ1) is 16.2. The number of unbranched alkanes of at least 4 members (excludes halogenated alkanes) is 1. The first-order valence-electron chi connectivity index (χ1n) is 5.59. The summed E-state index contributed by atoms with van der Waals surface area (Å²) in [5, 5.41) is 13.3. The van der Waals surface area contributed by atoms with Gasteiger partial charge >= 0.3 is 5.97 Å². The molecule has 0 saturated carbocycles. The van der Waals surface area contributed by atoms with Crippen molar-refractivity contribution < 1.29 is 19.5 Å². The van der Waals surface area contributed by atoms with Crippen molar-refractivity contribution in [2.24, 2.45) is 10.9 Å². The van der Waals surface area contributed by atoms with Crippen LogP contribution in [-0.4, -0.2) is 35.5 Å². The summed E-state index contributed by atoms with van der Waals surface area (Å²) >= 11 is 0. The maximum atomic E-state index is 11.3. The predicted octanol–water partition coefficient (Wildman–Crippen LogP) is -0.242. The van der Waals surface area contributed by atoms with Crippen LogP contribution in [0, 0.1) is 4.91 Å². The first-order valence-corrected chi connectivity index (χ1v) is 5.59. The lowest BCUT2D eigenvalue weighted by Crippen LogP contribution is -2.40. The number of nitrogens with two attached hydrogens (primary N) is 1. The fraction of sp³-hybridized carbons (Fsp3) is 0.700. The van der Waals surface area contributed by atoms with Crippen LogP contribution in [0.25, 0.3) is 0 Å². The van der Waals surface area contributed by atoms with Crippen LogP contribution >= 0.6 is 0 Å². The van der Waals surface area contributed by atoms with Gasteiger partial charge in [0.25, 0.3) is 5.91 Å². The molecule has 0 aromatic rings. The normalized spacial score (nSPS) is 11.6. The van der Waals surface area contributed by atoms with E-state index in [0.29, 0.717) is 19.4 Å². The molecule has 8 nitrogen and oxygen atoms in total. The van der Waals surface area contributed by atoms with Crippen molar-refractivity contribution in [3.63, 3.8) is 0 Å². The van der Waals surface area contributed by atoms with Crippen molar-refractivity contribution in [3.8, 4) is 0 Å². The smallest absolute Gasteiger partial charge is 0.326 e. The number of carbonyl (C=O) groups is 3. The number of nitroso groups, excluding NO2 is 1. The summed E-state index contributed by atoms with van der Waals surface area (Å²) in [6.07, 6.45) is 0.976. The summed E-state index contributed by atoms with van der Waals surface area (Å²) in [4.78, 5) is 42.5. The quantitative estimate of drug-likeness (QED) is 0.385. The summed E-state index contributed by atoms with van der Waals surface area (Å²) in [6.45, 7) is 0.458. The Morgan fingerprint density at radius 3 is 2.39 bits per heavy atom. The fourth-order valence-corrected chi connectivity index (χ4v) is 1.28. The zero-order valence-electron chi connectivity index (χ0n) is 9.92. The number of nitrogens with zero attached hydrogens (tertiary/aromatic N) is 1. The molecule has 0 heterocycles. The molecule has 0 saturated heterocycles. The van der Waals surface area contributed by atoms with Crippen molar-refractivity contribution in [1.82, 2.24) is 5.32 Å². The fourth-order valence-electron chi connectivity index (χ4n) is 1.28. The number of carboxylic acids is 1. The highest BCUT2D eigenvalue weighted by molar-refractivity contribution is 5.87. The molecule has 0 bridgehead atoms. The molecule has 102 valence electrons. The molecule has 0 aliphatic heterocycles. The van der Waals surface area contributed by atoms with Gasteiger partial charge in [-0.15, -0.1) is 4.91 Å². The van der Waals surface area contributed by atoms with Crippen molar-refractivity contribution in [2.75, 3.05) is 6.54 Å². The third-order valence-electron chi connectivity index (χ3n) is 2.25. The molecule has 4 N–H and O–H groups in total. The average Bonchev–Trinajstić information content (AvgIpc) is 2.34. The Kier molecular flexibility index (Phi) is 8.29. The van der Waals surface area contributed by atoms with Gasteiger partial charge < -0.3 is 16.2 Å². The molecule has 1 atom stereocenters. The Bertz CT molecular complexity index is 319. The lowest BCUT2D eigenvalue weighted by molar-refractivity contribution is -0.142. The van der Waals surface area contributed by atoms with E-state index in [9.17, 15) is 19.3 Å². The van der Waals surface area contributed by atoms with Crippen LogP contribution in [0.3, 0.4) is 0 Å². The van der Waals surface area contributed by atoms with Crippen LogP contribution in [-0.2, 0) is 14.4 Å². The van der Waals surface area contributed by atoms with Crippen molar-refractivity contribution in [3.05, 3.63) is 4.91 Å². The SMILES string of the molecule is NCCCCC(NC(=O)CCC(=O)N=O)C(=O)O. The number of aliphatic carboxylic acids is 1. The average molecular weight is 259 g/mol. The number of amides is 2. The number of carbonyl (C=O) groups excluding carboxylic acids is 2. The van der Waals surface area contributed by atoms with Crippen LogP contribution in [0.2, 0.25) is 0 Å². The molecular formula is C10H17N3O5. The van der Waals surface area contributed by atoms with E-state index in [1.54, 1.807) is 0 Å². The van der Waals surface area contributed by atoms with Gasteiger partial charge in [-0.2, -0.15) is 0 Å². The standard InChI is InChI=1S/C10H17N3O5/c11-6-2-1-3-7(10(16)17)12-8(14)4-5-9(15)13-18/h7H,1-6,11H2,(H,12,14)(H,16,17). The van der Waals surface area contributed by atoms with Gasteiger partial charge in [0.1, 0.15) is 6.04 Å². The summed E-state index contributed by atoms with van der Waals surface area (Å²) in [5.41, 5.74) is 5.28. The second-order valence-corrected chi connectivity index (χ2v) is 3.73. The molecule has 2 amide bonds. The van der Waals surface area contributed by atoms with Crippen molar-refractivity contribution >= 4 is 17.8 Å². The zero-order valence-corrected chi connectivity index (χ0v) is 9.92. The molecule has 0 aliphatic carbocycles. The van der Waals surface area contributed by atoms with E-state index >= 15 is 0 Å². The second kappa shape index (κ2) is 9.23. The molecule has 0 aliphatic rings. The van der Waals surface area contributed by atoms with Crippen LogP contribution in [0.1, 0.15) is 32.1 Å². The summed E-state index contributed by atoms with van der Waals surface area (Å²) in [5.74, 6) is -2.66. The Balaban J connectivity index is 4.07. The Morgan fingerprint density at radius 1 is 1.22 bits per heavy atom. The number of carboxylic acid groups (broad SMARTS) is 1. The van der Waals surface area contributed by atoms with E-state index < -0.39 is 23.8 Å². The highest BCUT2D eigenvalue weighted by Crippen LogP contribution is 2.02. The van der Waals surface area contributed by atoms with Crippen molar-refractivity contribution in [1.29, 1.82) is 0 Å². The minimum absolute atomic E-state index is 0.245. The number of hydrogen-bond acceptors (Lipinski definition) is 5. The van der Waals surface area contributed by atoms with Gasteiger partial charge in [0.15, 0.2) is 0 Å². The van der Waals surface area contributed by atoms with E-state index in [1.165, 1.54) is 0 Å². The van der Waals surface area contributed by atoms with E-state index in [-0.39, 0.29) is 19.3 Å². The number of rotatable bonds is 9. The van der Waals surface area contributed by atoms with Gasteiger partial charge in [-0.1, -0.05) is 0 Å². The third kappa shape index (κ3) is 7.44. The molecular weight excluding hydrogens is 242 g/mol. The van der Waals surface area contributed by atoms with Gasteiger partial charge in [-0.25, -0.2) is 4.79 Å². The Hall–Kier alpha value is -1.83. The molecule has 0 radical (unpaired) electrons. The van der Waals surface area contributed by atoms with Crippen LogP contribution in [0.5, 0.6) is 0 Å². The summed E-state index contributed by atoms with van der Waals surface area (Å²) in [6, 6.07) is -0.997. The Morgan fingerprint density at radius 2 is 1.89 bits per heavy atom. The highest BCUT2D eigenvalue weighted by atomic mass is 16.4. The molecule has 0 fully saturated rings. The number of nitrogens with one attached hydrogen (secondary N) is 1. The van der Waals surface area contributed by atoms with E-state index in [4.69, 9.17) is 10.8 Å². The zero-order chi connectivity index (χ0) is 14.0. The summed E-state index contributed by atoms with van der Waals surface area (Å²) in [7, 11) is 0. The molecule has 0 rings (SSSR count). The van der Waals surface area contributed by atoms with Crippen molar-refractivity contribution in [2.45, 2.75) is 38.1 Å². The van der Waals surface area contributed by atoms with Gasteiger partial charge in [0.2, 0.25) is 5.91 Å². The molecule has 1 unspecified atom stereocenters. The maximum absolute atomic E-state index is 11.3. The van der Waals surface area contributed by atoms with E-state index in [0.717, 1.165) is 0 Å². The molecule has 0 spiro atoms. The number of hydrogen-bond donors (Lipinski definition) is 3.